The molecule has 0 N–H and O–H groups in total. The Hall–Kier alpha value is -3.65. The summed E-state index contributed by atoms with van der Waals surface area (Å²) in [6, 6.07) is 22.3. The van der Waals surface area contributed by atoms with E-state index in [1.807, 2.05) is 61.5 Å². The summed E-state index contributed by atoms with van der Waals surface area (Å²) in [5.74, 6) is 0.161. The van der Waals surface area contributed by atoms with E-state index in [-0.39, 0.29) is 16.9 Å². The number of rotatable bonds is 11. The quantitative estimate of drug-likeness (QED) is 0.199. The second kappa shape index (κ2) is 11.4. The molecule has 3 aromatic carbocycles. The zero-order valence-corrected chi connectivity index (χ0v) is 21.3. The molecule has 0 spiro atoms. The number of unbranched alkanes of at least 4 members (excludes halogenated alkanes) is 2. The molecule has 4 aromatic rings. The van der Waals surface area contributed by atoms with Gasteiger partial charge >= 0.3 is 5.97 Å². The van der Waals surface area contributed by atoms with Gasteiger partial charge in [0.25, 0.3) is 0 Å². The van der Waals surface area contributed by atoms with E-state index >= 15 is 0 Å². The Morgan fingerprint density at radius 3 is 2.39 bits per heavy atom. The van der Waals surface area contributed by atoms with Gasteiger partial charge in [-0.25, -0.2) is 13.4 Å². The van der Waals surface area contributed by atoms with Crippen molar-refractivity contribution in [2.75, 3.05) is 13.7 Å². The molecule has 0 fully saturated rings. The number of imidazole rings is 1. The highest BCUT2D eigenvalue weighted by Gasteiger charge is 2.26. The number of para-hydroxylation sites is 1. The van der Waals surface area contributed by atoms with Crippen LogP contribution < -0.4 is 4.74 Å². The summed E-state index contributed by atoms with van der Waals surface area (Å²) in [5, 5.41) is -0.0145. The number of nitrogens with zero attached hydrogens (tertiary/aromatic N) is 2. The number of sulfone groups is 1. The highest BCUT2D eigenvalue weighted by Crippen LogP contribution is 2.32. The molecule has 0 aliphatic carbocycles. The molecule has 0 radical (unpaired) electrons. The van der Waals surface area contributed by atoms with Gasteiger partial charge < -0.3 is 9.47 Å². The third-order valence-corrected chi connectivity index (χ3v) is 7.44. The fourth-order valence-corrected chi connectivity index (χ4v) is 5.48. The number of carbonyl (C=O) groups is 1. The lowest BCUT2D eigenvalue weighted by atomic mass is 10.2. The van der Waals surface area contributed by atoms with Crippen molar-refractivity contribution in [1.29, 1.82) is 0 Å². The maximum absolute atomic E-state index is 13.6. The molecule has 0 amide bonds. The minimum atomic E-state index is -3.77. The Morgan fingerprint density at radius 1 is 0.917 bits per heavy atom. The van der Waals surface area contributed by atoms with Gasteiger partial charge in [-0.1, -0.05) is 54.1 Å². The molecule has 0 saturated carbocycles. The van der Waals surface area contributed by atoms with Crippen LogP contribution in [0.25, 0.3) is 16.7 Å². The minimum absolute atomic E-state index is 0.0145. The molecule has 36 heavy (non-hydrogen) atoms. The lowest BCUT2D eigenvalue weighted by Crippen LogP contribution is -2.12. The van der Waals surface area contributed by atoms with Crippen LogP contribution in [0.2, 0.25) is 0 Å². The first-order chi connectivity index (χ1) is 17.4. The molecular weight excluding hydrogens is 476 g/mol. The van der Waals surface area contributed by atoms with E-state index in [0.29, 0.717) is 35.4 Å². The van der Waals surface area contributed by atoms with Crippen molar-refractivity contribution < 1.29 is 22.7 Å². The van der Waals surface area contributed by atoms with Crippen LogP contribution in [0.5, 0.6) is 5.75 Å². The van der Waals surface area contributed by atoms with Crippen LogP contribution in [0.4, 0.5) is 0 Å². The van der Waals surface area contributed by atoms with E-state index in [0.717, 1.165) is 30.5 Å². The fourth-order valence-electron chi connectivity index (χ4n) is 4.01. The molecule has 1 aromatic heterocycles. The Kier molecular flexibility index (Phi) is 8.05. The van der Waals surface area contributed by atoms with Gasteiger partial charge in [-0.05, 0) is 56.0 Å². The first-order valence-corrected chi connectivity index (χ1v) is 13.6. The van der Waals surface area contributed by atoms with Gasteiger partial charge in [-0.3, -0.25) is 9.36 Å². The average molecular weight is 507 g/mol. The second-order valence-corrected chi connectivity index (χ2v) is 10.6. The summed E-state index contributed by atoms with van der Waals surface area (Å²) in [6.45, 7) is 2.42. The average Bonchev–Trinajstić information content (AvgIpc) is 3.28. The van der Waals surface area contributed by atoms with Gasteiger partial charge in [-0.2, -0.15) is 0 Å². The van der Waals surface area contributed by atoms with Crippen LogP contribution in [0.15, 0.2) is 78.0 Å². The predicted molar refractivity (Wildman–Crippen MR) is 139 cm³/mol. The van der Waals surface area contributed by atoms with Crippen LogP contribution in [0, 0.1) is 6.92 Å². The third kappa shape index (κ3) is 5.94. The van der Waals surface area contributed by atoms with Crippen molar-refractivity contribution in [3.8, 4) is 11.4 Å². The van der Waals surface area contributed by atoms with E-state index in [2.05, 4.69) is 9.72 Å². The summed E-state index contributed by atoms with van der Waals surface area (Å²) in [4.78, 5) is 15.9. The summed E-state index contributed by atoms with van der Waals surface area (Å²) in [5.41, 5.74) is 3.65. The molecular formula is C28H30N2O5S. The Bertz CT molecular complexity index is 1430. The van der Waals surface area contributed by atoms with Crippen LogP contribution in [0.1, 0.15) is 36.8 Å². The number of aromatic nitrogens is 2. The van der Waals surface area contributed by atoms with E-state index < -0.39 is 9.84 Å². The van der Waals surface area contributed by atoms with E-state index in [9.17, 15) is 13.2 Å². The fraction of sp³-hybridized carbons (Fsp3) is 0.286. The van der Waals surface area contributed by atoms with Gasteiger partial charge in [0.1, 0.15) is 11.3 Å². The number of carbonyl (C=O) groups excluding carboxylic acids is 1. The van der Waals surface area contributed by atoms with Gasteiger partial charge in [0, 0.05) is 12.1 Å². The molecule has 0 aliphatic heterocycles. The number of esters is 1. The molecule has 7 nitrogen and oxygen atoms in total. The Morgan fingerprint density at radius 2 is 1.67 bits per heavy atom. The summed E-state index contributed by atoms with van der Waals surface area (Å²) >= 11 is 0. The van der Waals surface area contributed by atoms with Gasteiger partial charge in [0.15, 0.2) is 0 Å². The number of aryl methyl sites for hydroxylation is 1. The summed E-state index contributed by atoms with van der Waals surface area (Å²) in [7, 11) is -2.39. The SMILES string of the molecule is COC(=O)CCCCCOc1cccc2c1nc(S(=O)(=O)Cc1ccccc1)n2-c1ccc(C)cc1. The number of methoxy groups -OCH3 is 1. The van der Waals surface area contributed by atoms with Crippen molar-refractivity contribution in [3.05, 3.63) is 83.9 Å². The maximum Gasteiger partial charge on any atom is 0.305 e. The van der Waals surface area contributed by atoms with E-state index in [1.54, 1.807) is 22.8 Å². The molecule has 8 heteroatoms. The molecule has 0 bridgehead atoms. The summed E-state index contributed by atoms with van der Waals surface area (Å²) < 4.78 is 39.6. The third-order valence-electron chi connectivity index (χ3n) is 5.90. The molecule has 0 unspecified atom stereocenters. The molecule has 0 atom stereocenters. The Balaban J connectivity index is 1.66. The van der Waals surface area contributed by atoms with Crippen LogP contribution in [-0.2, 0) is 25.1 Å². The number of ether oxygens (including phenoxy) is 2. The van der Waals surface area contributed by atoms with Crippen LogP contribution in [-0.4, -0.2) is 37.7 Å². The zero-order valence-electron chi connectivity index (χ0n) is 20.5. The standard InChI is InChI=1S/C28H30N2O5S/c1-21-15-17-23(18-16-21)30-24-12-9-13-25(35-19-8-4-7-14-26(31)34-2)27(24)29-28(30)36(32,33)20-22-10-5-3-6-11-22/h3,5-6,9-13,15-18H,4,7-8,14,19-20H2,1-2H3. The monoisotopic (exact) mass is 506 g/mol. The topological polar surface area (TPSA) is 87.5 Å². The Labute approximate surface area is 211 Å². The van der Waals surface area contributed by atoms with Crippen molar-refractivity contribution in [2.45, 2.75) is 43.5 Å². The number of benzene rings is 3. The zero-order chi connectivity index (χ0) is 25.5. The van der Waals surface area contributed by atoms with E-state index in [4.69, 9.17) is 4.74 Å². The minimum Gasteiger partial charge on any atom is -0.491 e. The lowest BCUT2D eigenvalue weighted by Gasteiger charge is -2.11. The van der Waals surface area contributed by atoms with Gasteiger partial charge in [0.05, 0.1) is 25.0 Å². The number of hydrogen-bond donors (Lipinski definition) is 0. The van der Waals surface area contributed by atoms with Crippen molar-refractivity contribution >= 4 is 26.8 Å². The lowest BCUT2D eigenvalue weighted by molar-refractivity contribution is -0.140. The van der Waals surface area contributed by atoms with E-state index in [1.165, 1.54) is 7.11 Å². The van der Waals surface area contributed by atoms with Crippen molar-refractivity contribution in [3.63, 3.8) is 0 Å². The molecule has 4 rings (SSSR count). The van der Waals surface area contributed by atoms with Crippen molar-refractivity contribution in [2.24, 2.45) is 0 Å². The predicted octanol–water partition coefficient (Wildman–Crippen LogP) is 5.42. The summed E-state index contributed by atoms with van der Waals surface area (Å²) in [6.07, 6.45) is 2.69. The van der Waals surface area contributed by atoms with Gasteiger partial charge in [0.2, 0.25) is 15.0 Å². The van der Waals surface area contributed by atoms with Crippen molar-refractivity contribution in [1.82, 2.24) is 9.55 Å². The first-order valence-electron chi connectivity index (χ1n) is 11.9. The molecule has 0 aliphatic rings. The molecule has 0 saturated heterocycles. The highest BCUT2D eigenvalue weighted by molar-refractivity contribution is 7.90. The molecule has 1 heterocycles. The first kappa shape index (κ1) is 25.4. The smallest absolute Gasteiger partial charge is 0.305 e. The highest BCUT2D eigenvalue weighted by atomic mass is 32.2. The van der Waals surface area contributed by atoms with Crippen LogP contribution >= 0.6 is 0 Å². The van der Waals surface area contributed by atoms with Gasteiger partial charge in [-0.15, -0.1) is 0 Å². The second-order valence-electron chi connectivity index (χ2n) is 8.67. The number of fused-ring (bicyclic) bond motifs is 1. The number of hydrogen-bond acceptors (Lipinski definition) is 6. The maximum atomic E-state index is 13.6. The normalized spacial score (nSPS) is 11.5. The molecule has 188 valence electrons. The largest absolute Gasteiger partial charge is 0.491 e. The van der Waals surface area contributed by atoms with Crippen LogP contribution in [0.3, 0.4) is 0 Å².